The number of carbonyl (C=O) groups is 1. The monoisotopic (exact) mass is 412 g/mol. The van der Waals surface area contributed by atoms with Crippen LogP contribution in [0.25, 0.3) is 0 Å². The van der Waals surface area contributed by atoms with Gasteiger partial charge in [-0.1, -0.05) is 37.3 Å². The van der Waals surface area contributed by atoms with Crippen LogP contribution in [0.15, 0.2) is 54.9 Å². The van der Waals surface area contributed by atoms with Crippen LogP contribution in [0.1, 0.15) is 18.4 Å². The highest BCUT2D eigenvalue weighted by Crippen LogP contribution is 2.22. The van der Waals surface area contributed by atoms with Gasteiger partial charge in [-0.3, -0.25) is 4.98 Å². The van der Waals surface area contributed by atoms with Crippen molar-refractivity contribution in [2.45, 2.75) is 19.1 Å². The van der Waals surface area contributed by atoms with Crippen molar-refractivity contribution in [2.75, 3.05) is 26.2 Å². The number of amides is 2. The lowest BCUT2D eigenvalue weighted by Gasteiger charge is -2.32. The zero-order valence-electron chi connectivity index (χ0n) is 15.2. The van der Waals surface area contributed by atoms with E-state index in [1.54, 1.807) is 12.4 Å². The summed E-state index contributed by atoms with van der Waals surface area (Å²) in [6.07, 6.45) is 2.87. The van der Waals surface area contributed by atoms with Crippen LogP contribution in [0.2, 0.25) is 0 Å². The quantitative estimate of drug-likeness (QED) is 0.740. The number of pyridine rings is 1. The van der Waals surface area contributed by atoms with Crippen LogP contribution in [-0.4, -0.2) is 48.3 Å². The molecular weight excluding hydrogens is 387 g/mol. The molecule has 0 bridgehead atoms. The van der Waals surface area contributed by atoms with Gasteiger partial charge in [0.2, 0.25) is 0 Å². The maximum atomic E-state index is 12.6. The fourth-order valence-electron chi connectivity index (χ4n) is 2.83. The van der Waals surface area contributed by atoms with Crippen LogP contribution in [0.3, 0.4) is 0 Å². The zero-order valence-corrected chi connectivity index (χ0v) is 16.8. The Hall–Kier alpha value is -2.02. The molecule has 0 unspecified atom stereocenters. The molecule has 2 aromatic rings. The van der Waals surface area contributed by atoms with E-state index in [0.717, 1.165) is 18.7 Å². The number of hydrogen-bond acceptors (Lipinski definition) is 4. The number of benzene rings is 1. The molecule has 27 heavy (non-hydrogen) atoms. The lowest BCUT2D eigenvalue weighted by atomic mass is 9.99. The first kappa shape index (κ1) is 23.0. The van der Waals surface area contributed by atoms with Crippen molar-refractivity contribution in [1.82, 2.24) is 20.5 Å². The molecule has 1 aliphatic heterocycles. The van der Waals surface area contributed by atoms with E-state index in [1.807, 2.05) is 47.4 Å². The average Bonchev–Trinajstić information content (AvgIpc) is 2.69. The van der Waals surface area contributed by atoms with Crippen LogP contribution in [0.4, 0.5) is 4.79 Å². The summed E-state index contributed by atoms with van der Waals surface area (Å²) in [5, 5.41) is 6.29. The third-order valence-electron chi connectivity index (χ3n) is 4.35. The Morgan fingerprint density at radius 3 is 2.48 bits per heavy atom. The van der Waals surface area contributed by atoms with Gasteiger partial charge in [0.25, 0.3) is 0 Å². The van der Waals surface area contributed by atoms with Crippen LogP contribution in [-0.2, 0) is 0 Å². The predicted octanol–water partition coefficient (Wildman–Crippen LogP) is 3.05. The van der Waals surface area contributed by atoms with E-state index in [-0.39, 0.29) is 36.8 Å². The smallest absolute Gasteiger partial charge is 0.320 e. The first-order valence-electron chi connectivity index (χ1n) is 8.62. The van der Waals surface area contributed by atoms with Crippen LogP contribution < -0.4 is 15.4 Å². The highest BCUT2D eigenvalue weighted by molar-refractivity contribution is 5.85. The fraction of sp³-hybridized carbons (Fsp3) is 0.368. The van der Waals surface area contributed by atoms with Crippen molar-refractivity contribution in [2.24, 2.45) is 0 Å². The summed E-state index contributed by atoms with van der Waals surface area (Å²) in [6, 6.07) is 13.6. The van der Waals surface area contributed by atoms with Gasteiger partial charge in [-0.2, -0.15) is 0 Å². The summed E-state index contributed by atoms with van der Waals surface area (Å²) in [5.41, 5.74) is 1.11. The van der Waals surface area contributed by atoms with Crippen LogP contribution in [0.5, 0.6) is 5.75 Å². The zero-order chi connectivity index (χ0) is 17.5. The van der Waals surface area contributed by atoms with Gasteiger partial charge in [0.15, 0.2) is 6.23 Å². The van der Waals surface area contributed by atoms with E-state index < -0.39 is 6.23 Å². The van der Waals surface area contributed by atoms with Crippen molar-refractivity contribution in [3.63, 3.8) is 0 Å². The molecule has 0 saturated carbocycles. The number of hydrogen-bond donors (Lipinski definition) is 2. The van der Waals surface area contributed by atoms with Gasteiger partial charge < -0.3 is 20.3 Å². The molecule has 2 atom stereocenters. The van der Waals surface area contributed by atoms with E-state index in [4.69, 9.17) is 4.74 Å². The van der Waals surface area contributed by atoms with Gasteiger partial charge in [-0.25, -0.2) is 4.79 Å². The molecule has 6 nitrogen and oxygen atoms in total. The molecular formula is C19H26Cl2N4O2. The number of nitrogens with zero attached hydrogens (tertiary/aromatic N) is 2. The third-order valence-corrected chi connectivity index (χ3v) is 4.35. The normalized spacial score (nSPS) is 15.5. The molecule has 0 radical (unpaired) electrons. The molecule has 8 heteroatoms. The number of halogens is 2. The molecule has 1 saturated heterocycles. The SMILES string of the molecule is C[C@H](c1ccccc1)[C@@H](NC(=O)N1CCNCC1)Oc1cccnc1.Cl.Cl. The summed E-state index contributed by atoms with van der Waals surface area (Å²) in [4.78, 5) is 18.5. The Balaban J connectivity index is 0.00000182. The van der Waals surface area contributed by atoms with Gasteiger partial charge in [0, 0.05) is 38.3 Å². The van der Waals surface area contributed by atoms with E-state index in [2.05, 4.69) is 22.5 Å². The number of carbonyl (C=O) groups excluding carboxylic acids is 1. The minimum Gasteiger partial charge on any atom is -0.468 e. The van der Waals surface area contributed by atoms with Crippen LogP contribution >= 0.6 is 24.8 Å². The van der Waals surface area contributed by atoms with Gasteiger partial charge in [-0.05, 0) is 17.7 Å². The van der Waals surface area contributed by atoms with E-state index in [1.165, 1.54) is 0 Å². The van der Waals surface area contributed by atoms with Crippen molar-refractivity contribution < 1.29 is 9.53 Å². The molecule has 0 aliphatic carbocycles. The molecule has 2 N–H and O–H groups in total. The van der Waals surface area contributed by atoms with E-state index in [0.29, 0.717) is 18.8 Å². The molecule has 2 heterocycles. The van der Waals surface area contributed by atoms with Gasteiger partial charge >= 0.3 is 6.03 Å². The molecule has 1 aromatic carbocycles. The van der Waals surface area contributed by atoms with E-state index in [9.17, 15) is 4.79 Å². The van der Waals surface area contributed by atoms with E-state index >= 15 is 0 Å². The number of rotatable bonds is 5. The minimum absolute atomic E-state index is 0. The molecule has 2 amide bonds. The summed E-state index contributed by atoms with van der Waals surface area (Å²) < 4.78 is 6.06. The van der Waals surface area contributed by atoms with Gasteiger partial charge in [0.05, 0.1) is 6.20 Å². The second-order valence-electron chi connectivity index (χ2n) is 6.11. The van der Waals surface area contributed by atoms with Crippen molar-refractivity contribution in [3.05, 3.63) is 60.4 Å². The first-order valence-corrected chi connectivity index (χ1v) is 8.62. The lowest BCUT2D eigenvalue weighted by Crippen LogP contribution is -2.54. The molecule has 1 aromatic heterocycles. The van der Waals surface area contributed by atoms with Crippen molar-refractivity contribution in [3.8, 4) is 5.75 Å². The maximum absolute atomic E-state index is 12.6. The first-order chi connectivity index (χ1) is 12.2. The number of nitrogens with one attached hydrogen (secondary N) is 2. The topological polar surface area (TPSA) is 66.5 Å². The second-order valence-corrected chi connectivity index (χ2v) is 6.11. The Bertz CT molecular complexity index is 670. The maximum Gasteiger partial charge on any atom is 0.320 e. The summed E-state index contributed by atoms with van der Waals surface area (Å²) >= 11 is 0. The highest BCUT2D eigenvalue weighted by Gasteiger charge is 2.26. The molecule has 3 rings (SSSR count). The Labute approximate surface area is 172 Å². The predicted molar refractivity (Wildman–Crippen MR) is 111 cm³/mol. The molecule has 0 spiro atoms. The Morgan fingerprint density at radius 1 is 1.15 bits per heavy atom. The average molecular weight is 413 g/mol. The second kappa shape index (κ2) is 11.6. The van der Waals surface area contributed by atoms with Crippen molar-refractivity contribution in [1.29, 1.82) is 0 Å². The molecule has 148 valence electrons. The standard InChI is InChI=1S/C19H24N4O2.2ClH/c1-15(16-6-3-2-4-7-16)18(25-17-8-5-9-21-14-17)22-19(24)23-12-10-20-11-13-23;;/h2-9,14-15,18,20H,10-13H2,1H3,(H,22,24);2*1H/t15-,18+;;/m1../s1. The summed E-state index contributed by atoms with van der Waals surface area (Å²) in [7, 11) is 0. The molecule has 1 fully saturated rings. The summed E-state index contributed by atoms with van der Waals surface area (Å²) in [6.45, 7) is 5.08. The van der Waals surface area contributed by atoms with Gasteiger partial charge in [0.1, 0.15) is 5.75 Å². The largest absolute Gasteiger partial charge is 0.468 e. The minimum atomic E-state index is -0.478. The number of aromatic nitrogens is 1. The van der Waals surface area contributed by atoms with Crippen molar-refractivity contribution >= 4 is 30.8 Å². The van der Waals surface area contributed by atoms with Gasteiger partial charge in [-0.15, -0.1) is 24.8 Å². The van der Waals surface area contributed by atoms with Crippen LogP contribution in [0, 0.1) is 0 Å². The number of urea groups is 1. The lowest BCUT2D eigenvalue weighted by molar-refractivity contribution is 0.124. The fourth-order valence-corrected chi connectivity index (χ4v) is 2.83. The molecule has 1 aliphatic rings. The summed E-state index contributed by atoms with van der Waals surface area (Å²) in [5.74, 6) is 0.629. The highest BCUT2D eigenvalue weighted by atomic mass is 35.5. The number of piperazine rings is 1. The Morgan fingerprint density at radius 2 is 1.85 bits per heavy atom. The number of ether oxygens (including phenoxy) is 1. The Kier molecular flexibility index (Phi) is 9.93. The third kappa shape index (κ3) is 6.57.